The number of hydrazine groups is 1. The van der Waals surface area contributed by atoms with Crippen molar-refractivity contribution in [1.82, 2.24) is 16.2 Å². The van der Waals surface area contributed by atoms with Crippen LogP contribution in [0.4, 0.5) is 0 Å². The molecule has 0 saturated carbocycles. The van der Waals surface area contributed by atoms with Gasteiger partial charge in [-0.15, -0.1) is 0 Å². The molecule has 1 aromatic rings. The van der Waals surface area contributed by atoms with Gasteiger partial charge in [0.1, 0.15) is 0 Å². The quantitative estimate of drug-likeness (QED) is 0.777. The molecule has 2 unspecified atom stereocenters. The first kappa shape index (κ1) is 15.3. The molecule has 1 saturated heterocycles. The molecule has 1 aliphatic heterocycles. The smallest absolute Gasteiger partial charge is 0.220 e. The van der Waals surface area contributed by atoms with Gasteiger partial charge in [-0.2, -0.15) is 0 Å². The van der Waals surface area contributed by atoms with Crippen LogP contribution in [0.3, 0.4) is 0 Å². The van der Waals surface area contributed by atoms with E-state index in [-0.39, 0.29) is 5.91 Å². The average molecular weight is 296 g/mol. The van der Waals surface area contributed by atoms with Crippen LogP contribution in [0.1, 0.15) is 25.8 Å². The van der Waals surface area contributed by atoms with Crippen molar-refractivity contribution in [3.8, 4) is 0 Å². The second-order valence-electron chi connectivity index (χ2n) is 5.43. The lowest BCUT2D eigenvalue weighted by Gasteiger charge is -2.17. The van der Waals surface area contributed by atoms with Crippen LogP contribution < -0.4 is 16.2 Å². The first-order chi connectivity index (χ1) is 9.58. The fourth-order valence-corrected chi connectivity index (χ4v) is 2.82. The van der Waals surface area contributed by atoms with Gasteiger partial charge in [-0.1, -0.05) is 29.8 Å². The van der Waals surface area contributed by atoms with E-state index in [0.717, 1.165) is 17.0 Å². The van der Waals surface area contributed by atoms with Crippen LogP contribution in [0, 0.1) is 5.92 Å². The minimum Gasteiger partial charge on any atom is -0.356 e. The van der Waals surface area contributed by atoms with Crippen molar-refractivity contribution in [2.24, 2.45) is 5.92 Å². The Kier molecular flexibility index (Phi) is 5.40. The van der Waals surface area contributed by atoms with Gasteiger partial charge in [0.2, 0.25) is 5.91 Å². The maximum absolute atomic E-state index is 12.0. The third-order valence-corrected chi connectivity index (χ3v) is 4.29. The van der Waals surface area contributed by atoms with Crippen molar-refractivity contribution < 1.29 is 4.79 Å². The van der Waals surface area contributed by atoms with Crippen molar-refractivity contribution in [2.45, 2.75) is 38.8 Å². The summed E-state index contributed by atoms with van der Waals surface area (Å²) in [4.78, 5) is 12.0. The molecule has 0 bridgehead atoms. The minimum atomic E-state index is 0.103. The van der Waals surface area contributed by atoms with E-state index in [2.05, 4.69) is 30.0 Å². The first-order valence-corrected chi connectivity index (χ1v) is 7.47. The van der Waals surface area contributed by atoms with Crippen molar-refractivity contribution in [3.63, 3.8) is 0 Å². The molecular formula is C15H22ClN3O. The number of benzene rings is 1. The summed E-state index contributed by atoms with van der Waals surface area (Å²) in [6.07, 6.45) is 1.31. The van der Waals surface area contributed by atoms with E-state index in [4.69, 9.17) is 11.6 Å². The summed E-state index contributed by atoms with van der Waals surface area (Å²) in [5, 5.41) is 3.73. The van der Waals surface area contributed by atoms with Crippen LogP contribution in [-0.4, -0.2) is 24.5 Å². The lowest BCUT2D eigenvalue weighted by molar-refractivity contribution is -0.122. The Hall–Kier alpha value is -1.10. The molecular weight excluding hydrogens is 274 g/mol. The molecule has 0 spiro atoms. The SMILES string of the molecule is CC1NNC(C)C1CC(=O)NCCc1ccccc1Cl. The molecule has 0 aromatic heterocycles. The Bertz CT molecular complexity index is 456. The van der Waals surface area contributed by atoms with E-state index in [0.29, 0.717) is 31.0 Å². The highest BCUT2D eigenvalue weighted by molar-refractivity contribution is 6.31. The van der Waals surface area contributed by atoms with Gasteiger partial charge < -0.3 is 5.32 Å². The van der Waals surface area contributed by atoms with E-state index in [9.17, 15) is 4.79 Å². The van der Waals surface area contributed by atoms with Gasteiger partial charge in [-0.05, 0) is 31.9 Å². The van der Waals surface area contributed by atoms with Crippen LogP contribution in [-0.2, 0) is 11.2 Å². The fraction of sp³-hybridized carbons (Fsp3) is 0.533. The minimum absolute atomic E-state index is 0.103. The van der Waals surface area contributed by atoms with E-state index in [1.54, 1.807) is 0 Å². The molecule has 0 aliphatic carbocycles. The van der Waals surface area contributed by atoms with Crippen LogP contribution in [0.2, 0.25) is 5.02 Å². The maximum Gasteiger partial charge on any atom is 0.220 e. The molecule has 1 heterocycles. The molecule has 4 nitrogen and oxygen atoms in total. The van der Waals surface area contributed by atoms with Gasteiger partial charge in [0, 0.05) is 36.0 Å². The molecule has 0 radical (unpaired) electrons. The molecule has 2 rings (SSSR count). The number of hydrogen-bond donors (Lipinski definition) is 3. The molecule has 20 heavy (non-hydrogen) atoms. The Morgan fingerprint density at radius 2 is 1.90 bits per heavy atom. The first-order valence-electron chi connectivity index (χ1n) is 7.09. The zero-order valence-corrected chi connectivity index (χ0v) is 12.7. The third kappa shape index (κ3) is 3.95. The lowest BCUT2D eigenvalue weighted by atomic mass is 9.93. The second-order valence-corrected chi connectivity index (χ2v) is 5.83. The standard InChI is InChI=1S/C15H22ClN3O/c1-10-13(11(2)19-18-10)9-15(20)17-8-7-12-5-3-4-6-14(12)16/h3-6,10-11,13,18-19H,7-9H2,1-2H3,(H,17,20). The number of nitrogens with one attached hydrogen (secondary N) is 3. The third-order valence-electron chi connectivity index (χ3n) is 3.92. The van der Waals surface area contributed by atoms with Gasteiger partial charge in [-0.3, -0.25) is 15.6 Å². The highest BCUT2D eigenvalue weighted by atomic mass is 35.5. The van der Waals surface area contributed by atoms with Gasteiger partial charge in [0.25, 0.3) is 0 Å². The Balaban J connectivity index is 1.74. The normalized spacial score (nSPS) is 25.6. The van der Waals surface area contributed by atoms with Gasteiger partial charge in [0.15, 0.2) is 0 Å². The zero-order chi connectivity index (χ0) is 14.5. The predicted octanol–water partition coefficient (Wildman–Crippen LogP) is 1.89. The highest BCUT2D eigenvalue weighted by Crippen LogP contribution is 2.18. The van der Waals surface area contributed by atoms with Crippen LogP contribution in [0.5, 0.6) is 0 Å². The second kappa shape index (κ2) is 7.07. The molecule has 110 valence electrons. The molecule has 1 aliphatic rings. The van der Waals surface area contributed by atoms with E-state index >= 15 is 0 Å². The summed E-state index contributed by atoms with van der Waals surface area (Å²) in [5.74, 6) is 0.432. The van der Waals surface area contributed by atoms with Crippen molar-refractivity contribution in [1.29, 1.82) is 0 Å². The molecule has 2 atom stereocenters. The largest absolute Gasteiger partial charge is 0.356 e. The van der Waals surface area contributed by atoms with E-state index < -0.39 is 0 Å². The Labute approximate surface area is 125 Å². The van der Waals surface area contributed by atoms with Crippen LogP contribution >= 0.6 is 11.6 Å². The van der Waals surface area contributed by atoms with Crippen molar-refractivity contribution in [2.75, 3.05) is 6.54 Å². The maximum atomic E-state index is 12.0. The number of carbonyl (C=O) groups excluding carboxylic acids is 1. The van der Waals surface area contributed by atoms with Crippen LogP contribution in [0.15, 0.2) is 24.3 Å². The molecule has 5 heteroatoms. The average Bonchev–Trinajstić information content (AvgIpc) is 2.73. The summed E-state index contributed by atoms with van der Waals surface area (Å²) in [7, 11) is 0. The summed E-state index contributed by atoms with van der Waals surface area (Å²) in [6.45, 7) is 4.81. The molecule has 1 fully saturated rings. The summed E-state index contributed by atoms with van der Waals surface area (Å²) in [6, 6.07) is 8.37. The number of hydrogen-bond acceptors (Lipinski definition) is 3. The lowest BCUT2D eigenvalue weighted by Crippen LogP contribution is -2.33. The van der Waals surface area contributed by atoms with Gasteiger partial charge in [0.05, 0.1) is 0 Å². The molecule has 3 N–H and O–H groups in total. The number of amides is 1. The summed E-state index contributed by atoms with van der Waals surface area (Å²) in [5.41, 5.74) is 7.40. The van der Waals surface area contributed by atoms with E-state index in [1.807, 2.05) is 24.3 Å². The molecule has 1 aromatic carbocycles. The Morgan fingerprint density at radius 3 is 2.55 bits per heavy atom. The van der Waals surface area contributed by atoms with Gasteiger partial charge in [-0.25, -0.2) is 0 Å². The summed E-state index contributed by atoms with van der Waals surface area (Å²) < 4.78 is 0. The Morgan fingerprint density at radius 1 is 1.25 bits per heavy atom. The molecule has 1 amide bonds. The van der Waals surface area contributed by atoms with Crippen LogP contribution in [0.25, 0.3) is 0 Å². The van der Waals surface area contributed by atoms with Crippen molar-refractivity contribution in [3.05, 3.63) is 34.9 Å². The predicted molar refractivity (Wildman–Crippen MR) is 81.5 cm³/mol. The number of halogens is 1. The summed E-state index contributed by atoms with van der Waals surface area (Å²) >= 11 is 6.09. The van der Waals surface area contributed by atoms with Gasteiger partial charge >= 0.3 is 0 Å². The van der Waals surface area contributed by atoms with E-state index in [1.165, 1.54) is 0 Å². The van der Waals surface area contributed by atoms with Crippen molar-refractivity contribution >= 4 is 17.5 Å². The number of carbonyl (C=O) groups is 1. The zero-order valence-electron chi connectivity index (χ0n) is 11.9. The highest BCUT2D eigenvalue weighted by Gasteiger charge is 2.31. The topological polar surface area (TPSA) is 53.2 Å². The number of rotatable bonds is 5. The monoisotopic (exact) mass is 295 g/mol. The fourth-order valence-electron chi connectivity index (χ4n) is 2.59.